The van der Waals surface area contributed by atoms with Gasteiger partial charge in [-0.05, 0) is 81.8 Å². The molecule has 0 unspecified atom stereocenters. The van der Waals surface area contributed by atoms with Gasteiger partial charge in [0.25, 0.3) is 0 Å². The van der Waals surface area contributed by atoms with Crippen molar-refractivity contribution >= 4 is 16.6 Å². The normalized spacial score (nSPS) is 16.4. The summed E-state index contributed by atoms with van der Waals surface area (Å²) in [5, 5.41) is 11.0. The van der Waals surface area contributed by atoms with E-state index in [1.165, 1.54) is 0 Å². The van der Waals surface area contributed by atoms with Crippen LogP contribution in [0.2, 0.25) is 0 Å². The van der Waals surface area contributed by atoms with Gasteiger partial charge >= 0.3 is 0 Å². The van der Waals surface area contributed by atoms with Crippen molar-refractivity contribution in [3.63, 3.8) is 0 Å². The zero-order valence-corrected chi connectivity index (χ0v) is 22.8. The summed E-state index contributed by atoms with van der Waals surface area (Å²) in [6.45, 7) is 2.04. The molecule has 1 fully saturated rings. The maximum absolute atomic E-state index is 16.0. The number of methoxy groups -OCH3 is 1. The minimum atomic E-state index is -1.25. The van der Waals surface area contributed by atoms with Crippen molar-refractivity contribution in [2.45, 2.75) is 44.7 Å². The lowest BCUT2D eigenvalue weighted by molar-refractivity contribution is 0.0300. The molecule has 1 atom stereocenters. The fourth-order valence-electron chi connectivity index (χ4n) is 5.60. The second-order valence-electron chi connectivity index (χ2n) is 10.8. The zero-order valence-electron chi connectivity index (χ0n) is 22.8. The molecule has 0 amide bonds. The van der Waals surface area contributed by atoms with Crippen LogP contribution >= 0.6 is 0 Å². The SMILES string of the molecule is COc1ccc2ncc(N(C)C)c([C@H](F)CCC3(CO)CCN(CCCc4c(F)cc(F)cc4F)CC3)c2c1. The highest BCUT2D eigenvalue weighted by molar-refractivity contribution is 5.88. The maximum Gasteiger partial charge on any atom is 0.132 e. The molecule has 1 aliphatic heterocycles. The van der Waals surface area contributed by atoms with Crippen molar-refractivity contribution in [2.75, 3.05) is 52.3 Å². The van der Waals surface area contributed by atoms with Crippen LogP contribution in [-0.2, 0) is 6.42 Å². The lowest BCUT2D eigenvalue weighted by Crippen LogP contribution is -2.42. The lowest BCUT2D eigenvalue weighted by Gasteiger charge is -2.41. The average molecular weight is 548 g/mol. The molecule has 9 heteroatoms. The molecule has 0 radical (unpaired) electrons. The van der Waals surface area contributed by atoms with Crippen LogP contribution in [0.1, 0.15) is 49.4 Å². The molecule has 1 aromatic heterocycles. The van der Waals surface area contributed by atoms with Crippen molar-refractivity contribution < 1.29 is 27.4 Å². The van der Waals surface area contributed by atoms with Crippen LogP contribution in [-0.4, -0.2) is 62.4 Å². The van der Waals surface area contributed by atoms with Crippen LogP contribution in [0.15, 0.2) is 36.5 Å². The van der Waals surface area contributed by atoms with Crippen molar-refractivity contribution in [1.82, 2.24) is 9.88 Å². The first-order chi connectivity index (χ1) is 18.7. The summed E-state index contributed by atoms with van der Waals surface area (Å²) in [6, 6.07) is 6.87. The van der Waals surface area contributed by atoms with Gasteiger partial charge in [0.05, 0.1) is 24.5 Å². The van der Waals surface area contributed by atoms with Crippen molar-refractivity contribution in [1.29, 1.82) is 0 Å². The second-order valence-corrected chi connectivity index (χ2v) is 10.8. The van der Waals surface area contributed by atoms with Crippen LogP contribution in [0.4, 0.5) is 23.2 Å². The van der Waals surface area contributed by atoms with Crippen LogP contribution in [0.25, 0.3) is 10.9 Å². The van der Waals surface area contributed by atoms with Gasteiger partial charge in [0, 0.05) is 49.3 Å². The Morgan fingerprint density at radius 3 is 2.41 bits per heavy atom. The number of nitrogens with zero attached hydrogens (tertiary/aromatic N) is 3. The molecule has 1 aliphatic rings. The molecule has 0 spiro atoms. The van der Waals surface area contributed by atoms with Crippen molar-refractivity contribution in [2.24, 2.45) is 5.41 Å². The number of hydrogen-bond donors (Lipinski definition) is 1. The molecule has 0 bridgehead atoms. The molecule has 39 heavy (non-hydrogen) atoms. The number of hydrogen-bond acceptors (Lipinski definition) is 5. The summed E-state index contributed by atoms with van der Waals surface area (Å²) >= 11 is 0. The summed E-state index contributed by atoms with van der Waals surface area (Å²) in [7, 11) is 5.31. The van der Waals surface area contributed by atoms with E-state index in [1.807, 2.05) is 37.2 Å². The first kappa shape index (κ1) is 29.1. The predicted molar refractivity (Wildman–Crippen MR) is 146 cm³/mol. The minimum Gasteiger partial charge on any atom is -0.497 e. The number of benzene rings is 2. The molecule has 0 aliphatic carbocycles. The Morgan fingerprint density at radius 1 is 1.10 bits per heavy atom. The largest absolute Gasteiger partial charge is 0.497 e. The topological polar surface area (TPSA) is 48.8 Å². The Kier molecular flexibility index (Phi) is 9.33. The van der Waals surface area contributed by atoms with Gasteiger partial charge in [-0.25, -0.2) is 17.6 Å². The number of pyridine rings is 1. The molecule has 212 valence electrons. The maximum atomic E-state index is 16.0. The summed E-state index contributed by atoms with van der Waals surface area (Å²) in [4.78, 5) is 8.56. The number of rotatable bonds is 11. The van der Waals surface area contributed by atoms with E-state index in [9.17, 15) is 18.3 Å². The summed E-state index contributed by atoms with van der Waals surface area (Å²) in [5.74, 6) is -2.00. The Labute approximate surface area is 227 Å². The number of fused-ring (bicyclic) bond motifs is 1. The smallest absolute Gasteiger partial charge is 0.132 e. The van der Waals surface area contributed by atoms with Crippen LogP contribution in [0, 0.1) is 22.9 Å². The average Bonchev–Trinajstić information content (AvgIpc) is 2.92. The van der Waals surface area contributed by atoms with Gasteiger partial charge in [-0.15, -0.1) is 0 Å². The van der Waals surface area contributed by atoms with Gasteiger partial charge in [0.15, 0.2) is 0 Å². The van der Waals surface area contributed by atoms with E-state index in [2.05, 4.69) is 9.88 Å². The molecule has 1 saturated heterocycles. The van der Waals surface area contributed by atoms with E-state index in [1.54, 1.807) is 13.3 Å². The van der Waals surface area contributed by atoms with Crippen LogP contribution in [0.3, 0.4) is 0 Å². The van der Waals surface area contributed by atoms with Gasteiger partial charge < -0.3 is 19.6 Å². The second kappa shape index (κ2) is 12.5. The van der Waals surface area contributed by atoms with E-state index in [0.717, 1.165) is 5.39 Å². The molecular formula is C30H37F4N3O2. The molecule has 4 rings (SSSR count). The first-order valence-corrected chi connectivity index (χ1v) is 13.4. The highest BCUT2D eigenvalue weighted by Gasteiger charge is 2.35. The van der Waals surface area contributed by atoms with E-state index in [-0.39, 0.29) is 30.4 Å². The monoisotopic (exact) mass is 547 g/mol. The number of aliphatic hydroxyl groups is 1. The fraction of sp³-hybridized carbons (Fsp3) is 0.500. The van der Waals surface area contributed by atoms with Gasteiger partial charge in [0.2, 0.25) is 0 Å². The molecule has 2 heterocycles. The third-order valence-corrected chi connectivity index (χ3v) is 8.08. The summed E-state index contributed by atoms with van der Waals surface area (Å²) in [6.07, 6.45) is 3.38. The Morgan fingerprint density at radius 2 is 1.79 bits per heavy atom. The fourth-order valence-corrected chi connectivity index (χ4v) is 5.60. The first-order valence-electron chi connectivity index (χ1n) is 13.4. The highest BCUT2D eigenvalue weighted by atomic mass is 19.1. The quantitative estimate of drug-likeness (QED) is 0.289. The predicted octanol–water partition coefficient (Wildman–Crippen LogP) is 6.22. The van der Waals surface area contributed by atoms with E-state index in [0.29, 0.717) is 80.0 Å². The molecule has 3 aromatic rings. The summed E-state index contributed by atoms with van der Waals surface area (Å²) in [5.41, 5.74) is 1.52. The Hall–Kier alpha value is -2.91. The van der Waals surface area contributed by atoms with Gasteiger partial charge in [0.1, 0.15) is 29.4 Å². The van der Waals surface area contributed by atoms with Crippen molar-refractivity contribution in [3.8, 4) is 5.75 Å². The van der Waals surface area contributed by atoms with Crippen molar-refractivity contribution in [3.05, 3.63) is 65.1 Å². The number of aliphatic hydroxyl groups excluding tert-OH is 1. The number of aromatic nitrogens is 1. The van der Waals surface area contributed by atoms with E-state index in [4.69, 9.17) is 4.74 Å². The highest BCUT2D eigenvalue weighted by Crippen LogP contribution is 2.42. The third-order valence-electron chi connectivity index (χ3n) is 8.08. The minimum absolute atomic E-state index is 0.0228. The van der Waals surface area contributed by atoms with E-state index < -0.39 is 23.6 Å². The number of piperidine rings is 1. The summed E-state index contributed by atoms with van der Waals surface area (Å²) < 4.78 is 62.4. The number of anilines is 1. The standard InChI is InChI=1S/C30H37F4N3O2/c1-36(2)28-18-35-27-7-6-21(39-3)17-23(27)29(28)24(32)8-9-30(19-38)10-13-37(14-11-30)12-4-5-22-25(33)15-20(31)16-26(22)34/h6-7,15-18,24,38H,4-5,8-14,19H2,1-3H3/t24-/m1/s1. The molecule has 2 aromatic carbocycles. The number of likely N-dealkylation sites (tertiary alicyclic amines) is 1. The van der Waals surface area contributed by atoms with Gasteiger partial charge in [-0.3, -0.25) is 4.98 Å². The van der Waals surface area contributed by atoms with Gasteiger partial charge in [-0.1, -0.05) is 0 Å². The van der Waals surface area contributed by atoms with Crippen LogP contribution < -0.4 is 9.64 Å². The molecule has 0 saturated carbocycles. The van der Waals surface area contributed by atoms with Gasteiger partial charge in [-0.2, -0.15) is 0 Å². The lowest BCUT2D eigenvalue weighted by atomic mass is 9.74. The molecule has 5 nitrogen and oxygen atoms in total. The van der Waals surface area contributed by atoms with E-state index >= 15 is 4.39 Å². The molecule has 1 N–H and O–H groups in total. The number of alkyl halides is 1. The van der Waals surface area contributed by atoms with Crippen LogP contribution in [0.5, 0.6) is 5.75 Å². The number of halogens is 4. The number of ether oxygens (including phenoxy) is 1. The zero-order chi connectivity index (χ0) is 28.2. The molecular weight excluding hydrogens is 510 g/mol. The Bertz CT molecular complexity index is 1260. The third kappa shape index (κ3) is 6.64. The Balaban J connectivity index is 1.38.